The van der Waals surface area contributed by atoms with Crippen LogP contribution in [0.3, 0.4) is 0 Å². The molecule has 156 valence electrons. The Morgan fingerprint density at radius 2 is 1.93 bits per heavy atom. The van der Waals surface area contributed by atoms with Crippen molar-refractivity contribution >= 4 is 83.8 Å². The van der Waals surface area contributed by atoms with Gasteiger partial charge in [0.25, 0.3) is 0 Å². The summed E-state index contributed by atoms with van der Waals surface area (Å²) in [6.07, 6.45) is 5.04. The lowest BCUT2D eigenvalue weighted by Crippen LogP contribution is -2.36. The van der Waals surface area contributed by atoms with Crippen molar-refractivity contribution in [2.45, 2.75) is 36.8 Å². The molecule has 0 saturated heterocycles. The number of hydrogen-bond donors (Lipinski definition) is 0. The number of rotatable bonds is 6. The molecule has 5 nitrogen and oxygen atoms in total. The predicted molar refractivity (Wildman–Crippen MR) is 124 cm³/mol. The Morgan fingerprint density at radius 3 is 2.50 bits per heavy atom. The fourth-order valence-corrected chi connectivity index (χ4v) is 5.47. The minimum atomic E-state index is -5.57. The number of carbonyl (C=O) groups excluding carboxylic acids is 1. The fourth-order valence-electron chi connectivity index (χ4n) is 2.62. The van der Waals surface area contributed by atoms with Crippen molar-refractivity contribution in [3.8, 4) is 0 Å². The zero-order valence-corrected chi connectivity index (χ0v) is 21.4. The predicted octanol–water partition coefficient (Wildman–Crippen LogP) is 5.75. The van der Waals surface area contributed by atoms with Crippen LogP contribution in [0.2, 0.25) is 0 Å². The first-order chi connectivity index (χ1) is 12.9. The number of ether oxygens (including phenoxy) is 1. The van der Waals surface area contributed by atoms with E-state index in [0.717, 1.165) is 13.6 Å². The maximum atomic E-state index is 12.8. The third-order valence-electron chi connectivity index (χ3n) is 3.99. The molecule has 0 radical (unpaired) electrons. The first-order valence-corrected chi connectivity index (χ1v) is 12.6. The average molecular weight is 754 g/mol. The van der Waals surface area contributed by atoms with E-state index in [-0.39, 0.29) is 6.42 Å². The number of benzene rings is 1. The van der Waals surface area contributed by atoms with E-state index < -0.39 is 33.6 Å². The SMILES string of the molecule is O=C(OC1(CC[N-]S(=O)(=O)C(F)(F)F)C=CCCC1)c1cc(I)cc(I)c1I. The van der Waals surface area contributed by atoms with Crippen LogP contribution in [-0.2, 0) is 14.8 Å². The molecule has 0 saturated carbocycles. The van der Waals surface area contributed by atoms with Crippen molar-refractivity contribution in [1.29, 1.82) is 0 Å². The lowest BCUT2D eigenvalue weighted by molar-refractivity contribution is -0.0429. The molecule has 1 aromatic carbocycles. The van der Waals surface area contributed by atoms with Crippen molar-refractivity contribution in [3.63, 3.8) is 0 Å². The van der Waals surface area contributed by atoms with Crippen LogP contribution in [0, 0.1) is 10.7 Å². The van der Waals surface area contributed by atoms with Crippen LogP contribution in [0.4, 0.5) is 13.2 Å². The van der Waals surface area contributed by atoms with Gasteiger partial charge in [-0.2, -0.15) is 13.2 Å². The molecule has 0 amide bonds. The van der Waals surface area contributed by atoms with E-state index >= 15 is 0 Å². The van der Waals surface area contributed by atoms with E-state index in [1.54, 1.807) is 18.2 Å². The van der Waals surface area contributed by atoms with E-state index in [4.69, 9.17) is 4.74 Å². The summed E-state index contributed by atoms with van der Waals surface area (Å²) in [6.45, 7) is -0.625. The Hall–Kier alpha value is 0.320. The van der Waals surface area contributed by atoms with Gasteiger partial charge in [0.1, 0.15) is 5.60 Å². The molecule has 0 N–H and O–H groups in total. The van der Waals surface area contributed by atoms with Crippen LogP contribution in [0.25, 0.3) is 4.72 Å². The summed E-state index contributed by atoms with van der Waals surface area (Å²) in [4.78, 5) is 12.8. The van der Waals surface area contributed by atoms with Gasteiger partial charge in [-0.15, -0.1) is 6.54 Å². The second-order valence-corrected chi connectivity index (χ2v) is 11.2. The van der Waals surface area contributed by atoms with E-state index in [1.165, 1.54) is 0 Å². The maximum Gasteiger partial charge on any atom is 0.480 e. The molecule has 0 fully saturated rings. The van der Waals surface area contributed by atoms with Gasteiger partial charge < -0.3 is 9.46 Å². The van der Waals surface area contributed by atoms with Crippen LogP contribution in [0.5, 0.6) is 0 Å². The van der Waals surface area contributed by atoms with Gasteiger partial charge in [-0.25, -0.2) is 13.2 Å². The lowest BCUT2D eigenvalue weighted by atomic mass is 9.88. The van der Waals surface area contributed by atoms with Crippen molar-refractivity contribution in [3.05, 3.63) is 45.3 Å². The van der Waals surface area contributed by atoms with Crippen LogP contribution < -0.4 is 0 Å². The third kappa shape index (κ3) is 6.16. The third-order valence-corrected chi connectivity index (χ3v) is 8.77. The first kappa shape index (κ1) is 24.6. The van der Waals surface area contributed by atoms with E-state index in [2.05, 4.69) is 49.9 Å². The second kappa shape index (κ2) is 9.64. The van der Waals surface area contributed by atoms with Gasteiger partial charge in [-0.3, -0.25) is 0 Å². The number of esters is 1. The van der Waals surface area contributed by atoms with E-state index in [0.29, 0.717) is 22.0 Å². The Labute approximate surface area is 201 Å². The summed E-state index contributed by atoms with van der Waals surface area (Å²) < 4.78 is 70.6. The monoisotopic (exact) mass is 754 g/mol. The molecule has 0 heterocycles. The van der Waals surface area contributed by atoms with E-state index in [9.17, 15) is 26.4 Å². The van der Waals surface area contributed by atoms with Crippen LogP contribution in [0.1, 0.15) is 36.0 Å². The molecule has 1 atom stereocenters. The fraction of sp³-hybridized carbons (Fsp3) is 0.438. The molecule has 0 aromatic heterocycles. The Kier molecular flexibility index (Phi) is 8.46. The summed E-state index contributed by atoms with van der Waals surface area (Å²) in [5.41, 5.74) is -6.27. The largest absolute Gasteiger partial charge is 0.541 e. The summed E-state index contributed by atoms with van der Waals surface area (Å²) in [7, 11) is -5.57. The minimum absolute atomic E-state index is 0.151. The molecule has 0 aliphatic heterocycles. The Morgan fingerprint density at radius 1 is 1.25 bits per heavy atom. The molecule has 28 heavy (non-hydrogen) atoms. The first-order valence-electron chi connectivity index (χ1n) is 7.92. The maximum absolute atomic E-state index is 12.8. The zero-order chi connectivity index (χ0) is 21.2. The highest BCUT2D eigenvalue weighted by Gasteiger charge is 2.39. The van der Waals surface area contributed by atoms with Gasteiger partial charge >= 0.3 is 11.5 Å². The molecule has 1 unspecified atom stereocenters. The van der Waals surface area contributed by atoms with Gasteiger partial charge in [0.2, 0.25) is 0 Å². The van der Waals surface area contributed by atoms with Crippen LogP contribution in [-0.4, -0.2) is 32.0 Å². The second-order valence-electron chi connectivity index (χ2n) is 6.02. The minimum Gasteiger partial charge on any atom is -0.541 e. The molecule has 1 aliphatic carbocycles. The molecule has 2 rings (SSSR count). The van der Waals surface area contributed by atoms with Crippen molar-refractivity contribution < 1.29 is 31.1 Å². The smallest absolute Gasteiger partial charge is 0.480 e. The molecule has 1 aliphatic rings. The Bertz CT molecular complexity index is 890. The van der Waals surface area contributed by atoms with Crippen LogP contribution in [0.15, 0.2) is 24.3 Å². The number of sulfonamides is 1. The lowest BCUT2D eigenvalue weighted by Gasteiger charge is -2.35. The summed E-state index contributed by atoms with van der Waals surface area (Å²) in [5.74, 6) is -0.605. The van der Waals surface area contributed by atoms with Gasteiger partial charge in [0.05, 0.1) is 5.56 Å². The quantitative estimate of drug-likeness (QED) is 0.161. The highest BCUT2D eigenvalue weighted by Crippen LogP contribution is 2.34. The topological polar surface area (TPSA) is 74.5 Å². The summed E-state index contributed by atoms with van der Waals surface area (Å²) >= 11 is 6.21. The summed E-state index contributed by atoms with van der Waals surface area (Å²) in [6, 6.07) is 3.57. The molecular formula is C16H14F3I3NO4S-. The zero-order valence-electron chi connectivity index (χ0n) is 14.1. The standard InChI is InChI=1S/C16H14F3I3NO4S/c17-16(18,19)28(25,26)23-7-6-15(4-2-1-3-5-15)27-14(24)11-8-10(20)9-12(21)13(11)22/h2,4,8-9H,1,3,5-7H2/q-1. The van der Waals surface area contributed by atoms with Gasteiger partial charge in [-0.1, -0.05) is 6.08 Å². The van der Waals surface area contributed by atoms with Gasteiger partial charge in [0.15, 0.2) is 10.0 Å². The highest BCUT2D eigenvalue weighted by atomic mass is 127. The van der Waals surface area contributed by atoms with Crippen molar-refractivity contribution in [2.75, 3.05) is 6.54 Å². The average Bonchev–Trinajstić information content (AvgIpc) is 2.57. The number of carbonyl (C=O) groups is 1. The number of allylic oxidation sites excluding steroid dienone is 1. The number of alkyl halides is 3. The van der Waals surface area contributed by atoms with Crippen molar-refractivity contribution in [2.24, 2.45) is 0 Å². The number of hydrogen-bond acceptors (Lipinski definition) is 4. The molecule has 0 bridgehead atoms. The van der Waals surface area contributed by atoms with E-state index in [1.807, 2.05) is 28.7 Å². The molecule has 1 aromatic rings. The van der Waals surface area contributed by atoms with Crippen LogP contribution >= 0.6 is 67.8 Å². The van der Waals surface area contributed by atoms with Crippen molar-refractivity contribution in [1.82, 2.24) is 0 Å². The number of nitrogens with zero attached hydrogens (tertiary/aromatic N) is 1. The van der Waals surface area contributed by atoms with Gasteiger partial charge in [-0.05, 0) is 112 Å². The summed E-state index contributed by atoms with van der Waals surface area (Å²) in [5, 5.41) is 0. The molecule has 0 spiro atoms. The normalized spacial score (nSPS) is 20.2. The van der Waals surface area contributed by atoms with Gasteiger partial charge in [0, 0.05) is 10.7 Å². The Balaban J connectivity index is 2.19. The molecular weight excluding hydrogens is 740 g/mol. The highest BCUT2D eigenvalue weighted by molar-refractivity contribution is 14.1. The molecule has 12 heteroatoms. The number of halogens is 6.